The first-order chi connectivity index (χ1) is 10.0. The molecule has 0 amide bonds. The lowest BCUT2D eigenvalue weighted by molar-refractivity contribution is 0.174. The molecule has 1 aliphatic rings. The van der Waals surface area contributed by atoms with Crippen LogP contribution in [0.5, 0.6) is 11.5 Å². The highest BCUT2D eigenvalue weighted by molar-refractivity contribution is 7.92. The highest BCUT2D eigenvalue weighted by Crippen LogP contribution is 2.34. The monoisotopic (exact) mass is 309 g/mol. The summed E-state index contributed by atoms with van der Waals surface area (Å²) in [4.78, 5) is 0.169. The summed E-state index contributed by atoms with van der Waals surface area (Å²) in [6, 6.07) is 4.90. The Labute approximate surface area is 122 Å². The van der Waals surface area contributed by atoms with Crippen molar-refractivity contribution in [3.8, 4) is 11.5 Å². The summed E-state index contributed by atoms with van der Waals surface area (Å²) in [5.74, 6) is 1.13. The van der Waals surface area contributed by atoms with Crippen molar-refractivity contribution in [1.29, 1.82) is 0 Å². The van der Waals surface area contributed by atoms with E-state index in [-0.39, 0.29) is 11.7 Å². The van der Waals surface area contributed by atoms with Crippen LogP contribution in [0.2, 0.25) is 0 Å². The number of rotatable bonds is 4. The smallest absolute Gasteiger partial charge is 0.265 e. The molecule has 1 aliphatic heterocycles. The van der Waals surface area contributed by atoms with Crippen LogP contribution in [0.15, 0.2) is 29.3 Å². The maximum Gasteiger partial charge on any atom is 0.265 e. The van der Waals surface area contributed by atoms with E-state index < -0.39 is 10.0 Å². The van der Waals surface area contributed by atoms with Crippen LogP contribution in [0, 0.1) is 6.92 Å². The first kappa shape index (κ1) is 13.7. The van der Waals surface area contributed by atoms with Crippen LogP contribution in [0.4, 0.5) is 5.69 Å². The Morgan fingerprint density at radius 1 is 1.33 bits per heavy atom. The van der Waals surface area contributed by atoms with E-state index in [1.165, 1.54) is 6.20 Å². The van der Waals surface area contributed by atoms with E-state index in [1.54, 1.807) is 29.8 Å². The van der Waals surface area contributed by atoms with Gasteiger partial charge in [-0.05, 0) is 26.0 Å². The molecule has 0 atom stereocenters. The van der Waals surface area contributed by atoms with Crippen molar-refractivity contribution in [3.05, 3.63) is 30.1 Å². The average Bonchev–Trinajstić information content (AvgIpc) is 3.03. The fourth-order valence-electron chi connectivity index (χ4n) is 2.18. The third kappa shape index (κ3) is 2.42. The summed E-state index contributed by atoms with van der Waals surface area (Å²) >= 11 is 0. The van der Waals surface area contributed by atoms with Gasteiger partial charge in [0, 0.05) is 12.6 Å². The number of hydrogen-bond donors (Lipinski definition) is 1. The zero-order valence-corrected chi connectivity index (χ0v) is 12.5. The lowest BCUT2D eigenvalue weighted by atomic mass is 10.3. The zero-order chi connectivity index (χ0) is 15.0. The highest BCUT2D eigenvalue weighted by atomic mass is 32.2. The second kappa shape index (κ2) is 4.96. The minimum atomic E-state index is -3.68. The molecule has 2 aromatic rings. The minimum absolute atomic E-state index is 0.147. The molecular formula is C13H15N3O4S. The Balaban J connectivity index is 1.91. The molecule has 0 fully saturated rings. The molecule has 0 radical (unpaired) electrons. The number of ether oxygens (including phenoxy) is 2. The molecule has 0 bridgehead atoms. The first-order valence-corrected chi connectivity index (χ1v) is 7.94. The van der Waals surface area contributed by atoms with Gasteiger partial charge in [-0.15, -0.1) is 0 Å². The van der Waals surface area contributed by atoms with Gasteiger partial charge in [0.05, 0.1) is 17.6 Å². The number of aryl methyl sites for hydroxylation is 1. The van der Waals surface area contributed by atoms with Crippen LogP contribution in [-0.2, 0) is 16.6 Å². The van der Waals surface area contributed by atoms with Crippen molar-refractivity contribution in [2.24, 2.45) is 0 Å². The maximum absolute atomic E-state index is 12.4. The highest BCUT2D eigenvalue weighted by Gasteiger charge is 2.22. The number of anilines is 1. The molecule has 21 heavy (non-hydrogen) atoms. The average molecular weight is 309 g/mol. The molecule has 0 spiro atoms. The molecule has 1 aromatic heterocycles. The summed E-state index contributed by atoms with van der Waals surface area (Å²) in [7, 11) is -3.68. The van der Waals surface area contributed by atoms with Gasteiger partial charge in [-0.3, -0.25) is 9.40 Å². The minimum Gasteiger partial charge on any atom is -0.454 e. The van der Waals surface area contributed by atoms with Crippen LogP contribution in [0.1, 0.15) is 12.6 Å². The number of hydrogen-bond acceptors (Lipinski definition) is 5. The van der Waals surface area contributed by atoms with Gasteiger partial charge in [0.25, 0.3) is 10.0 Å². The second-order valence-corrected chi connectivity index (χ2v) is 6.23. The van der Waals surface area contributed by atoms with Crippen LogP contribution in [0.25, 0.3) is 0 Å². The Morgan fingerprint density at radius 3 is 2.81 bits per heavy atom. The van der Waals surface area contributed by atoms with Gasteiger partial charge in [-0.1, -0.05) is 0 Å². The van der Waals surface area contributed by atoms with Crippen molar-refractivity contribution < 1.29 is 17.9 Å². The van der Waals surface area contributed by atoms with Crippen LogP contribution < -0.4 is 14.2 Å². The van der Waals surface area contributed by atoms with Crippen molar-refractivity contribution in [2.75, 3.05) is 11.5 Å². The molecule has 0 unspecified atom stereocenters. The lowest BCUT2D eigenvalue weighted by Gasteiger charge is -2.08. The van der Waals surface area contributed by atoms with Gasteiger partial charge in [-0.2, -0.15) is 5.10 Å². The van der Waals surface area contributed by atoms with Crippen molar-refractivity contribution in [2.45, 2.75) is 25.3 Å². The summed E-state index contributed by atoms with van der Waals surface area (Å²) in [5, 5.41) is 4.05. The van der Waals surface area contributed by atoms with Crippen LogP contribution >= 0.6 is 0 Å². The quantitative estimate of drug-likeness (QED) is 0.930. The Hall–Kier alpha value is -2.22. The van der Waals surface area contributed by atoms with E-state index in [0.29, 0.717) is 29.4 Å². The van der Waals surface area contributed by atoms with Gasteiger partial charge in [0.1, 0.15) is 4.90 Å². The number of benzene rings is 1. The molecule has 3 rings (SSSR count). The van der Waals surface area contributed by atoms with Crippen molar-refractivity contribution in [1.82, 2.24) is 9.78 Å². The van der Waals surface area contributed by atoms with Crippen LogP contribution in [-0.4, -0.2) is 25.0 Å². The summed E-state index contributed by atoms with van der Waals surface area (Å²) in [6.07, 6.45) is 1.36. The Bertz CT molecular complexity index is 783. The fraction of sp³-hybridized carbons (Fsp3) is 0.308. The molecule has 0 saturated heterocycles. The van der Waals surface area contributed by atoms with E-state index in [1.807, 2.05) is 6.92 Å². The van der Waals surface area contributed by atoms with Gasteiger partial charge in [0.2, 0.25) is 6.79 Å². The van der Waals surface area contributed by atoms with E-state index in [0.717, 1.165) is 0 Å². The van der Waals surface area contributed by atoms with E-state index >= 15 is 0 Å². The largest absolute Gasteiger partial charge is 0.454 e. The van der Waals surface area contributed by atoms with E-state index in [2.05, 4.69) is 9.82 Å². The molecular weight excluding hydrogens is 294 g/mol. The number of nitrogens with one attached hydrogen (secondary N) is 1. The molecule has 1 N–H and O–H groups in total. The zero-order valence-electron chi connectivity index (χ0n) is 11.7. The molecule has 8 heteroatoms. The van der Waals surface area contributed by atoms with Gasteiger partial charge < -0.3 is 9.47 Å². The van der Waals surface area contributed by atoms with Gasteiger partial charge in [0.15, 0.2) is 11.5 Å². The lowest BCUT2D eigenvalue weighted by Crippen LogP contribution is -2.14. The molecule has 1 aromatic carbocycles. The normalized spacial score (nSPS) is 13.4. The molecule has 7 nitrogen and oxygen atoms in total. The number of sulfonamides is 1. The van der Waals surface area contributed by atoms with E-state index in [4.69, 9.17) is 9.47 Å². The maximum atomic E-state index is 12.4. The SMILES string of the molecule is CCn1ncc(S(=O)(=O)Nc2ccc3c(c2)OCO3)c1C. The number of aromatic nitrogens is 2. The third-order valence-electron chi connectivity index (χ3n) is 3.27. The molecule has 0 aliphatic carbocycles. The third-order valence-corrected chi connectivity index (χ3v) is 4.76. The standard InChI is InChI=1S/C13H15N3O4S/c1-3-16-9(2)13(7-14-16)21(17,18)15-10-4-5-11-12(6-10)20-8-19-11/h4-7,15H,3,8H2,1-2H3. The predicted molar refractivity (Wildman–Crippen MR) is 76.0 cm³/mol. The molecule has 112 valence electrons. The number of fused-ring (bicyclic) bond motifs is 1. The fourth-order valence-corrected chi connectivity index (χ4v) is 3.41. The number of nitrogens with zero attached hydrogens (tertiary/aromatic N) is 2. The van der Waals surface area contributed by atoms with E-state index in [9.17, 15) is 8.42 Å². The van der Waals surface area contributed by atoms with Crippen LogP contribution in [0.3, 0.4) is 0 Å². The van der Waals surface area contributed by atoms with Crippen molar-refractivity contribution in [3.63, 3.8) is 0 Å². The predicted octanol–water partition coefficient (Wildman–Crippen LogP) is 1.74. The second-order valence-electron chi connectivity index (χ2n) is 4.58. The molecule has 2 heterocycles. The topological polar surface area (TPSA) is 82.5 Å². The Morgan fingerprint density at radius 2 is 2.10 bits per heavy atom. The summed E-state index contributed by atoms with van der Waals surface area (Å²) in [5.41, 5.74) is 1.02. The summed E-state index contributed by atoms with van der Waals surface area (Å²) in [6.45, 7) is 4.39. The van der Waals surface area contributed by atoms with Gasteiger partial charge >= 0.3 is 0 Å². The first-order valence-electron chi connectivity index (χ1n) is 6.46. The molecule has 0 saturated carbocycles. The van der Waals surface area contributed by atoms with Crippen molar-refractivity contribution >= 4 is 15.7 Å². The van der Waals surface area contributed by atoms with Gasteiger partial charge in [-0.25, -0.2) is 8.42 Å². The Kier molecular flexibility index (Phi) is 3.25. The summed E-state index contributed by atoms with van der Waals surface area (Å²) < 4.78 is 39.4.